The second-order valence-electron chi connectivity index (χ2n) is 9.45. The van der Waals surface area contributed by atoms with Crippen LogP contribution >= 0.6 is 0 Å². The summed E-state index contributed by atoms with van der Waals surface area (Å²) in [6.45, 7) is 8.11. The predicted molar refractivity (Wildman–Crippen MR) is 120 cm³/mol. The maximum atomic E-state index is 15.0. The Balaban J connectivity index is 1.63. The molecule has 5 heteroatoms. The second kappa shape index (κ2) is 7.73. The summed E-state index contributed by atoms with van der Waals surface area (Å²) in [5.41, 5.74) is 5.61. The van der Waals surface area contributed by atoms with E-state index in [0.29, 0.717) is 23.6 Å². The number of nitrogens with zero attached hydrogens (tertiary/aromatic N) is 1. The molecular weight excluding hydrogens is 408 g/mol. The van der Waals surface area contributed by atoms with E-state index >= 15 is 0 Å². The normalized spacial score (nSPS) is 15.2. The highest BCUT2D eigenvalue weighted by atomic mass is 19.1. The smallest absolute Gasteiger partial charge is 0.231 e. The Bertz CT molecular complexity index is 1220. The van der Waals surface area contributed by atoms with E-state index in [1.165, 1.54) is 17.7 Å². The molecule has 0 aromatic heterocycles. The van der Waals surface area contributed by atoms with Crippen molar-refractivity contribution in [3.05, 3.63) is 94.0 Å². The van der Waals surface area contributed by atoms with Crippen molar-refractivity contribution in [3.8, 4) is 11.5 Å². The highest BCUT2D eigenvalue weighted by Crippen LogP contribution is 2.37. The van der Waals surface area contributed by atoms with Crippen molar-refractivity contribution < 1.29 is 22.8 Å². The average Bonchev–Trinajstić information content (AvgIpc) is 3.20. The quantitative estimate of drug-likeness (QED) is 0.501. The zero-order valence-electron chi connectivity index (χ0n) is 18.5. The maximum absolute atomic E-state index is 15.0. The van der Waals surface area contributed by atoms with Gasteiger partial charge >= 0.3 is 0 Å². The van der Waals surface area contributed by atoms with E-state index in [0.717, 1.165) is 41.4 Å². The number of halogens is 2. The van der Waals surface area contributed by atoms with Gasteiger partial charge in [0.1, 0.15) is 18.2 Å². The number of rotatable bonds is 3. The Morgan fingerprint density at radius 2 is 1.59 bits per heavy atom. The first-order valence-corrected chi connectivity index (χ1v) is 10.9. The minimum absolute atomic E-state index is 0.0829. The minimum Gasteiger partial charge on any atom is -0.454 e. The summed E-state index contributed by atoms with van der Waals surface area (Å²) >= 11 is 0. The lowest BCUT2D eigenvalue weighted by atomic mass is 9.86. The van der Waals surface area contributed by atoms with Gasteiger partial charge in [0, 0.05) is 18.1 Å². The zero-order valence-corrected chi connectivity index (χ0v) is 18.5. The first-order chi connectivity index (χ1) is 15.3. The number of hydrogen-bond acceptors (Lipinski definition) is 2. The molecule has 2 aliphatic heterocycles. The fourth-order valence-corrected chi connectivity index (χ4v) is 4.43. The summed E-state index contributed by atoms with van der Waals surface area (Å²) in [4.78, 5) is 0. The van der Waals surface area contributed by atoms with Crippen molar-refractivity contribution in [3.63, 3.8) is 0 Å². The van der Waals surface area contributed by atoms with Gasteiger partial charge in [0.2, 0.25) is 12.5 Å². The van der Waals surface area contributed by atoms with Crippen LogP contribution in [0.3, 0.4) is 0 Å². The van der Waals surface area contributed by atoms with E-state index in [1.54, 1.807) is 0 Å². The van der Waals surface area contributed by atoms with Crippen molar-refractivity contribution in [1.29, 1.82) is 0 Å². The molecule has 0 amide bonds. The monoisotopic (exact) mass is 434 g/mol. The maximum Gasteiger partial charge on any atom is 0.231 e. The van der Waals surface area contributed by atoms with Gasteiger partial charge in [-0.3, -0.25) is 0 Å². The molecule has 2 heterocycles. The molecule has 0 spiro atoms. The van der Waals surface area contributed by atoms with E-state index < -0.39 is 11.6 Å². The number of fused-ring (bicyclic) bond motifs is 2. The van der Waals surface area contributed by atoms with Crippen molar-refractivity contribution in [1.82, 2.24) is 0 Å². The number of benzene rings is 3. The molecule has 0 unspecified atom stereocenters. The third-order valence-electron chi connectivity index (χ3n) is 6.20. The van der Waals surface area contributed by atoms with E-state index in [9.17, 15) is 8.78 Å². The Morgan fingerprint density at radius 3 is 2.28 bits per heavy atom. The predicted octanol–water partition coefficient (Wildman–Crippen LogP) is 5.60. The van der Waals surface area contributed by atoms with Crippen LogP contribution in [-0.2, 0) is 18.4 Å². The highest BCUT2D eigenvalue weighted by Gasteiger charge is 2.32. The molecule has 0 radical (unpaired) electrons. The molecule has 3 aromatic carbocycles. The Morgan fingerprint density at radius 1 is 0.875 bits per heavy atom. The molecule has 0 saturated carbocycles. The number of ether oxygens (including phenoxy) is 2. The lowest BCUT2D eigenvalue weighted by Crippen LogP contribution is -2.31. The molecule has 3 aromatic rings. The minimum atomic E-state index is -0.585. The second-order valence-corrected chi connectivity index (χ2v) is 9.45. The molecule has 0 atom stereocenters. The van der Waals surface area contributed by atoms with Crippen LogP contribution in [-0.4, -0.2) is 23.6 Å². The third-order valence-corrected chi connectivity index (χ3v) is 6.20. The molecule has 0 fully saturated rings. The van der Waals surface area contributed by atoms with Crippen LogP contribution in [0.2, 0.25) is 0 Å². The van der Waals surface area contributed by atoms with Gasteiger partial charge < -0.3 is 9.47 Å². The standard InChI is InChI=1S/C27H26F2NO2/c1-27(2,3)19-6-4-17(5-7-19)15-30-11-10-18-12-24-25(32-16-31-24)14-22(18)26(30)21-9-8-20(28)13-23(21)29/h4-9,12-14H,10-11,15-16H2,1-3H3/q+1. The molecule has 0 saturated heterocycles. The fraction of sp³-hybridized carbons (Fsp3) is 0.296. The lowest BCUT2D eigenvalue weighted by Gasteiger charge is -2.21. The van der Waals surface area contributed by atoms with E-state index in [1.807, 2.05) is 12.1 Å². The molecule has 32 heavy (non-hydrogen) atoms. The first-order valence-electron chi connectivity index (χ1n) is 10.9. The van der Waals surface area contributed by atoms with Gasteiger partial charge in [-0.25, -0.2) is 13.4 Å². The van der Waals surface area contributed by atoms with Crippen LogP contribution < -0.4 is 9.47 Å². The van der Waals surface area contributed by atoms with Crippen LogP contribution in [0, 0.1) is 11.6 Å². The summed E-state index contributed by atoms with van der Waals surface area (Å²) in [5, 5.41) is 0. The Kier molecular flexibility index (Phi) is 5.00. The molecular formula is C27H26F2NO2+. The van der Waals surface area contributed by atoms with Crippen LogP contribution in [0.15, 0.2) is 54.6 Å². The van der Waals surface area contributed by atoms with Gasteiger partial charge in [0.05, 0.1) is 11.1 Å². The average molecular weight is 435 g/mol. The molecule has 0 N–H and O–H groups in total. The van der Waals surface area contributed by atoms with Crippen molar-refractivity contribution in [2.24, 2.45) is 0 Å². The topological polar surface area (TPSA) is 21.5 Å². The Hall–Kier alpha value is -3.21. The zero-order chi connectivity index (χ0) is 22.5. The summed E-state index contributed by atoms with van der Waals surface area (Å²) < 4.78 is 41.9. The van der Waals surface area contributed by atoms with E-state index in [-0.39, 0.29) is 12.2 Å². The summed E-state index contributed by atoms with van der Waals surface area (Å²) in [5.74, 6) is 0.213. The fourth-order valence-electron chi connectivity index (χ4n) is 4.43. The van der Waals surface area contributed by atoms with Gasteiger partial charge in [-0.05, 0) is 40.8 Å². The summed E-state index contributed by atoms with van der Waals surface area (Å²) in [7, 11) is 0. The van der Waals surface area contributed by atoms with Gasteiger partial charge in [-0.1, -0.05) is 45.0 Å². The molecule has 5 rings (SSSR count). The van der Waals surface area contributed by atoms with Crippen LogP contribution in [0.4, 0.5) is 8.78 Å². The van der Waals surface area contributed by atoms with Crippen LogP contribution in [0.25, 0.3) is 0 Å². The molecule has 3 nitrogen and oxygen atoms in total. The van der Waals surface area contributed by atoms with Crippen molar-refractivity contribution >= 4 is 5.71 Å². The van der Waals surface area contributed by atoms with Crippen molar-refractivity contribution in [2.45, 2.75) is 39.2 Å². The lowest BCUT2D eigenvalue weighted by molar-refractivity contribution is -0.544. The van der Waals surface area contributed by atoms with E-state index in [4.69, 9.17) is 9.47 Å². The van der Waals surface area contributed by atoms with Gasteiger partial charge in [0.15, 0.2) is 18.0 Å². The van der Waals surface area contributed by atoms with Crippen LogP contribution in [0.5, 0.6) is 11.5 Å². The summed E-state index contributed by atoms with van der Waals surface area (Å²) in [6.07, 6.45) is 0.804. The summed E-state index contributed by atoms with van der Waals surface area (Å²) in [6, 6.07) is 16.3. The van der Waals surface area contributed by atoms with Crippen LogP contribution in [0.1, 0.15) is 48.6 Å². The Labute approximate surface area is 186 Å². The van der Waals surface area contributed by atoms with Crippen molar-refractivity contribution in [2.75, 3.05) is 13.3 Å². The van der Waals surface area contributed by atoms with E-state index in [2.05, 4.69) is 49.6 Å². The third kappa shape index (κ3) is 3.77. The van der Waals surface area contributed by atoms with Gasteiger partial charge in [0.25, 0.3) is 0 Å². The highest BCUT2D eigenvalue weighted by molar-refractivity contribution is 6.11. The first kappa shape index (κ1) is 20.7. The van der Waals surface area contributed by atoms with Gasteiger partial charge in [-0.2, -0.15) is 0 Å². The molecule has 0 bridgehead atoms. The molecule has 164 valence electrons. The SMILES string of the molecule is CC(C)(C)c1ccc(C[N+]2=C(c3ccc(F)cc3F)c3cc4c(cc3CC2)OCO4)cc1. The molecule has 0 aliphatic carbocycles. The number of hydrogen-bond donors (Lipinski definition) is 0. The molecule has 2 aliphatic rings. The largest absolute Gasteiger partial charge is 0.454 e. The van der Waals surface area contributed by atoms with Gasteiger partial charge in [-0.15, -0.1) is 0 Å².